The predicted octanol–water partition coefficient (Wildman–Crippen LogP) is 2.57. The van der Waals surface area contributed by atoms with Gasteiger partial charge in [-0.25, -0.2) is 0 Å². The highest BCUT2D eigenvalue weighted by molar-refractivity contribution is 6.33. The number of halogens is 1. The molecule has 0 bridgehead atoms. The molecule has 0 radical (unpaired) electrons. The molecule has 0 unspecified atom stereocenters. The molecule has 0 saturated carbocycles. The minimum atomic E-state index is -0.348. The Labute approximate surface area is 108 Å². The molecule has 0 spiro atoms. The smallest absolute Gasteiger partial charge is 0.0658 e. The zero-order chi connectivity index (χ0) is 13.2. The van der Waals surface area contributed by atoms with Crippen LogP contribution >= 0.6 is 11.6 Å². The monoisotopic (exact) mass is 256 g/mol. The van der Waals surface area contributed by atoms with Gasteiger partial charge in [-0.3, -0.25) is 0 Å². The van der Waals surface area contributed by atoms with E-state index in [1.807, 2.05) is 50.9 Å². The van der Waals surface area contributed by atoms with E-state index in [0.29, 0.717) is 5.02 Å². The summed E-state index contributed by atoms with van der Waals surface area (Å²) in [5.41, 5.74) is 7.37. The maximum Gasteiger partial charge on any atom is 0.0658 e. The van der Waals surface area contributed by atoms with Gasteiger partial charge in [-0.1, -0.05) is 17.7 Å². The van der Waals surface area contributed by atoms with Crippen LogP contribution in [0, 0.1) is 0 Å². The number of likely N-dealkylation sites (N-methyl/N-ethyl adjacent to an activating group) is 1. The topological polar surface area (TPSA) is 49.5 Å². The van der Waals surface area contributed by atoms with Crippen molar-refractivity contribution in [3.8, 4) is 0 Å². The second-order valence-corrected chi connectivity index (χ2v) is 5.44. The van der Waals surface area contributed by atoms with E-state index in [9.17, 15) is 5.11 Å². The molecule has 96 valence electrons. The molecule has 0 saturated heterocycles. The first-order chi connectivity index (χ1) is 7.79. The molecule has 0 aliphatic carbocycles. The van der Waals surface area contributed by atoms with Crippen molar-refractivity contribution in [3.05, 3.63) is 28.8 Å². The zero-order valence-corrected chi connectivity index (χ0v) is 11.6. The van der Waals surface area contributed by atoms with Crippen LogP contribution in [0.5, 0.6) is 0 Å². The van der Waals surface area contributed by atoms with Crippen LogP contribution in [-0.4, -0.2) is 24.3 Å². The molecular weight excluding hydrogens is 236 g/mol. The van der Waals surface area contributed by atoms with Crippen molar-refractivity contribution < 1.29 is 5.11 Å². The Balaban J connectivity index is 3.08. The number of rotatable bonds is 4. The Morgan fingerprint density at radius 2 is 2.06 bits per heavy atom. The predicted molar refractivity (Wildman–Crippen MR) is 73.6 cm³/mol. The Bertz CT molecular complexity index is 391. The molecule has 0 heterocycles. The maximum absolute atomic E-state index is 9.35. The van der Waals surface area contributed by atoms with Gasteiger partial charge < -0.3 is 15.7 Å². The number of aliphatic hydroxyl groups is 1. The summed E-state index contributed by atoms with van der Waals surface area (Å²) in [6, 6.07) is 5.76. The summed E-state index contributed by atoms with van der Waals surface area (Å²) in [5, 5.41) is 10.0. The molecular formula is C13H21ClN2O. The first-order valence-corrected chi connectivity index (χ1v) is 6.07. The molecule has 0 amide bonds. The van der Waals surface area contributed by atoms with Crippen LogP contribution < -0.4 is 10.6 Å². The third-order valence-corrected chi connectivity index (χ3v) is 3.46. The first-order valence-electron chi connectivity index (χ1n) is 5.69. The van der Waals surface area contributed by atoms with Crippen molar-refractivity contribution >= 4 is 17.3 Å². The van der Waals surface area contributed by atoms with E-state index in [1.165, 1.54) is 0 Å². The molecule has 1 aromatic carbocycles. The molecule has 3 N–H and O–H groups in total. The van der Waals surface area contributed by atoms with Crippen LogP contribution in [-0.2, 0) is 0 Å². The summed E-state index contributed by atoms with van der Waals surface area (Å²) >= 11 is 6.25. The molecule has 17 heavy (non-hydrogen) atoms. The molecule has 0 aromatic heterocycles. The molecule has 1 rings (SSSR count). The van der Waals surface area contributed by atoms with Crippen LogP contribution in [0.4, 0.5) is 5.69 Å². The summed E-state index contributed by atoms with van der Waals surface area (Å²) in [4.78, 5) is 1.97. The molecule has 0 aliphatic heterocycles. The van der Waals surface area contributed by atoms with Crippen LogP contribution in [0.15, 0.2) is 18.2 Å². The summed E-state index contributed by atoms with van der Waals surface area (Å²) in [6.07, 6.45) is 0. The lowest BCUT2D eigenvalue weighted by molar-refractivity contribution is 0.216. The average Bonchev–Trinajstić information content (AvgIpc) is 2.27. The van der Waals surface area contributed by atoms with Gasteiger partial charge in [0.25, 0.3) is 0 Å². The average molecular weight is 257 g/mol. The van der Waals surface area contributed by atoms with Gasteiger partial charge in [-0.05, 0) is 38.5 Å². The van der Waals surface area contributed by atoms with Gasteiger partial charge >= 0.3 is 0 Å². The number of hydrogen-bond donors (Lipinski definition) is 2. The SMILES string of the molecule is C[C@H](N)c1ccc(N(C)C(C)(C)CO)c(Cl)c1. The van der Waals surface area contributed by atoms with Gasteiger partial charge in [-0.15, -0.1) is 0 Å². The minimum Gasteiger partial charge on any atom is -0.394 e. The Morgan fingerprint density at radius 1 is 1.47 bits per heavy atom. The van der Waals surface area contributed by atoms with Crippen LogP contribution in [0.3, 0.4) is 0 Å². The fraction of sp³-hybridized carbons (Fsp3) is 0.538. The molecule has 0 fully saturated rings. The minimum absolute atomic E-state index is 0.0299. The fourth-order valence-electron chi connectivity index (χ4n) is 1.51. The molecule has 0 aliphatic rings. The van der Waals surface area contributed by atoms with Gasteiger partial charge in [0.15, 0.2) is 0 Å². The molecule has 1 aromatic rings. The summed E-state index contributed by atoms with van der Waals surface area (Å²) in [7, 11) is 1.92. The maximum atomic E-state index is 9.35. The van der Waals surface area contributed by atoms with E-state index in [2.05, 4.69) is 0 Å². The van der Waals surface area contributed by atoms with Gasteiger partial charge in [-0.2, -0.15) is 0 Å². The van der Waals surface area contributed by atoms with Crippen molar-refractivity contribution in [3.63, 3.8) is 0 Å². The van der Waals surface area contributed by atoms with Crippen molar-refractivity contribution in [2.24, 2.45) is 5.73 Å². The first kappa shape index (κ1) is 14.3. The third-order valence-electron chi connectivity index (χ3n) is 3.15. The summed E-state index contributed by atoms with van der Waals surface area (Å²) in [5.74, 6) is 0. The number of aliphatic hydroxyl groups excluding tert-OH is 1. The highest BCUT2D eigenvalue weighted by Crippen LogP contribution is 2.31. The lowest BCUT2D eigenvalue weighted by Crippen LogP contribution is -2.44. The van der Waals surface area contributed by atoms with Crippen molar-refractivity contribution in [2.75, 3.05) is 18.6 Å². The Kier molecular flexibility index (Phi) is 4.42. The van der Waals surface area contributed by atoms with Crippen LogP contribution in [0.1, 0.15) is 32.4 Å². The highest BCUT2D eigenvalue weighted by atomic mass is 35.5. The highest BCUT2D eigenvalue weighted by Gasteiger charge is 2.24. The second kappa shape index (κ2) is 5.25. The Morgan fingerprint density at radius 3 is 2.47 bits per heavy atom. The lowest BCUT2D eigenvalue weighted by atomic mass is 10.0. The molecule has 4 heteroatoms. The van der Waals surface area contributed by atoms with Crippen molar-refractivity contribution in [1.82, 2.24) is 0 Å². The number of anilines is 1. The fourth-order valence-corrected chi connectivity index (χ4v) is 1.83. The summed E-state index contributed by atoms with van der Waals surface area (Å²) < 4.78 is 0. The zero-order valence-electron chi connectivity index (χ0n) is 10.9. The molecule has 3 nitrogen and oxygen atoms in total. The van der Waals surface area contributed by atoms with Crippen molar-refractivity contribution in [2.45, 2.75) is 32.4 Å². The molecule has 1 atom stereocenters. The van der Waals surface area contributed by atoms with E-state index >= 15 is 0 Å². The second-order valence-electron chi connectivity index (χ2n) is 5.03. The normalized spacial score (nSPS) is 13.6. The number of nitrogens with zero attached hydrogens (tertiary/aromatic N) is 1. The quantitative estimate of drug-likeness (QED) is 0.871. The largest absolute Gasteiger partial charge is 0.394 e. The van der Waals surface area contributed by atoms with Crippen LogP contribution in [0.2, 0.25) is 5.02 Å². The Hall–Kier alpha value is -0.770. The van der Waals surface area contributed by atoms with E-state index in [1.54, 1.807) is 0 Å². The van der Waals surface area contributed by atoms with Gasteiger partial charge in [0.05, 0.1) is 22.9 Å². The van der Waals surface area contributed by atoms with E-state index < -0.39 is 0 Å². The van der Waals surface area contributed by atoms with Gasteiger partial charge in [0.1, 0.15) is 0 Å². The van der Waals surface area contributed by atoms with Gasteiger partial charge in [0, 0.05) is 13.1 Å². The van der Waals surface area contributed by atoms with Gasteiger partial charge in [0.2, 0.25) is 0 Å². The van der Waals surface area contributed by atoms with Crippen LogP contribution in [0.25, 0.3) is 0 Å². The standard InChI is InChI=1S/C13H21ClN2O/c1-9(15)10-5-6-12(11(14)7-10)16(4)13(2,3)8-17/h5-7,9,17H,8,15H2,1-4H3/t9-/m0/s1. The third kappa shape index (κ3) is 3.12. The number of benzene rings is 1. The summed E-state index contributed by atoms with van der Waals surface area (Å²) in [6.45, 7) is 5.91. The van der Waals surface area contributed by atoms with E-state index in [4.69, 9.17) is 17.3 Å². The van der Waals surface area contributed by atoms with E-state index in [0.717, 1.165) is 11.3 Å². The number of nitrogens with two attached hydrogens (primary N) is 1. The van der Waals surface area contributed by atoms with Crippen molar-refractivity contribution in [1.29, 1.82) is 0 Å². The van der Waals surface area contributed by atoms with E-state index in [-0.39, 0.29) is 18.2 Å². The number of hydrogen-bond acceptors (Lipinski definition) is 3. The lowest BCUT2D eigenvalue weighted by Gasteiger charge is -2.36.